The lowest BCUT2D eigenvalue weighted by Gasteiger charge is -2.12. The van der Waals surface area contributed by atoms with Crippen molar-refractivity contribution in [3.8, 4) is 0 Å². The van der Waals surface area contributed by atoms with E-state index in [-0.39, 0.29) is 0 Å². The van der Waals surface area contributed by atoms with Gasteiger partial charge in [-0.05, 0) is 17.0 Å². The molecule has 0 heterocycles. The summed E-state index contributed by atoms with van der Waals surface area (Å²) >= 11 is 0. The molecule has 0 saturated carbocycles. The summed E-state index contributed by atoms with van der Waals surface area (Å²) in [7, 11) is 0. The van der Waals surface area contributed by atoms with Gasteiger partial charge in [0.2, 0.25) is 0 Å². The number of hydrogen-bond donors (Lipinski definition) is 1. The van der Waals surface area contributed by atoms with Crippen LogP contribution in [0.15, 0.2) is 65.8 Å². The fraction of sp³-hybridized carbons (Fsp3) is 0.188. The number of benzene rings is 2. The highest BCUT2D eigenvalue weighted by Crippen LogP contribution is 2.21. The minimum Gasteiger partial charge on any atom is -0.411 e. The molecule has 0 bridgehead atoms. The molecule has 0 aromatic heterocycles. The van der Waals surface area contributed by atoms with Crippen LogP contribution in [0.3, 0.4) is 0 Å². The lowest BCUT2D eigenvalue weighted by atomic mass is 9.93. The van der Waals surface area contributed by atoms with Gasteiger partial charge in [-0.1, -0.05) is 72.7 Å². The van der Waals surface area contributed by atoms with Gasteiger partial charge in [0.1, 0.15) is 0 Å². The number of nitrogens with zero attached hydrogens (tertiary/aromatic N) is 1. The van der Waals surface area contributed by atoms with Crippen molar-refractivity contribution in [2.75, 3.05) is 0 Å². The Balaban J connectivity index is 2.13. The van der Waals surface area contributed by atoms with E-state index in [4.69, 9.17) is 5.21 Å². The van der Waals surface area contributed by atoms with Crippen LogP contribution in [0.4, 0.5) is 0 Å². The Morgan fingerprint density at radius 1 is 1.00 bits per heavy atom. The van der Waals surface area contributed by atoms with E-state index >= 15 is 0 Å². The van der Waals surface area contributed by atoms with Crippen LogP contribution in [0.2, 0.25) is 0 Å². The predicted molar refractivity (Wildman–Crippen MR) is 74.2 cm³/mol. The molecule has 2 aromatic rings. The summed E-state index contributed by atoms with van der Waals surface area (Å²) in [6, 6.07) is 20.1. The van der Waals surface area contributed by atoms with Gasteiger partial charge in [0, 0.05) is 6.42 Å². The van der Waals surface area contributed by atoms with E-state index in [1.807, 2.05) is 48.5 Å². The van der Waals surface area contributed by atoms with Gasteiger partial charge in [-0.3, -0.25) is 0 Å². The van der Waals surface area contributed by atoms with Crippen LogP contribution in [0.5, 0.6) is 0 Å². The molecule has 0 spiro atoms. The van der Waals surface area contributed by atoms with Crippen LogP contribution in [0.1, 0.15) is 30.4 Å². The van der Waals surface area contributed by atoms with Crippen molar-refractivity contribution in [1.82, 2.24) is 0 Å². The van der Waals surface area contributed by atoms with Crippen molar-refractivity contribution < 1.29 is 5.21 Å². The Labute approximate surface area is 108 Å². The molecule has 0 fully saturated rings. The molecule has 0 aliphatic carbocycles. The second kappa shape index (κ2) is 6.01. The van der Waals surface area contributed by atoms with Crippen molar-refractivity contribution in [3.63, 3.8) is 0 Å². The van der Waals surface area contributed by atoms with Crippen LogP contribution in [0, 0.1) is 0 Å². The van der Waals surface area contributed by atoms with Gasteiger partial charge < -0.3 is 5.21 Å². The van der Waals surface area contributed by atoms with Crippen molar-refractivity contribution in [1.29, 1.82) is 0 Å². The van der Waals surface area contributed by atoms with Crippen LogP contribution < -0.4 is 0 Å². The Bertz CT molecular complexity index is 505. The van der Waals surface area contributed by atoms with Gasteiger partial charge in [-0.2, -0.15) is 0 Å². The van der Waals surface area contributed by atoms with E-state index in [1.165, 1.54) is 5.56 Å². The van der Waals surface area contributed by atoms with Crippen molar-refractivity contribution in [2.24, 2.45) is 5.16 Å². The highest BCUT2D eigenvalue weighted by Gasteiger charge is 2.11. The zero-order chi connectivity index (χ0) is 12.8. The minimum absolute atomic E-state index is 0.331. The third-order valence-electron chi connectivity index (χ3n) is 3.10. The molecule has 18 heavy (non-hydrogen) atoms. The van der Waals surface area contributed by atoms with Gasteiger partial charge in [-0.15, -0.1) is 0 Å². The van der Waals surface area contributed by atoms with Crippen LogP contribution in [0.25, 0.3) is 0 Å². The molecule has 0 unspecified atom stereocenters. The van der Waals surface area contributed by atoms with Crippen LogP contribution in [-0.2, 0) is 0 Å². The molecule has 0 aliphatic heterocycles. The Kier molecular flexibility index (Phi) is 4.13. The fourth-order valence-corrected chi connectivity index (χ4v) is 2.04. The minimum atomic E-state index is 0.331. The van der Waals surface area contributed by atoms with Gasteiger partial charge in [-0.25, -0.2) is 0 Å². The summed E-state index contributed by atoms with van der Waals surface area (Å²) < 4.78 is 0. The van der Waals surface area contributed by atoms with E-state index in [9.17, 15) is 0 Å². The molecule has 1 N–H and O–H groups in total. The van der Waals surface area contributed by atoms with Gasteiger partial charge >= 0.3 is 0 Å². The van der Waals surface area contributed by atoms with Crippen molar-refractivity contribution >= 4 is 5.71 Å². The number of hydrogen-bond acceptors (Lipinski definition) is 2. The third kappa shape index (κ3) is 2.98. The van der Waals surface area contributed by atoms with Gasteiger partial charge in [0.25, 0.3) is 0 Å². The largest absolute Gasteiger partial charge is 0.411 e. The molecule has 92 valence electrons. The first-order chi connectivity index (χ1) is 8.81. The molecule has 0 amide bonds. The first-order valence-electron chi connectivity index (χ1n) is 6.12. The highest BCUT2D eigenvalue weighted by atomic mass is 16.4. The molecular formula is C16H17NO. The average molecular weight is 239 g/mol. The Morgan fingerprint density at radius 3 is 2.11 bits per heavy atom. The fourth-order valence-electron chi connectivity index (χ4n) is 2.04. The smallest absolute Gasteiger partial charge is 0.0873 e. The second-order valence-electron chi connectivity index (χ2n) is 4.43. The molecule has 0 aliphatic rings. The summed E-state index contributed by atoms with van der Waals surface area (Å²) in [6.07, 6.45) is 0.727. The third-order valence-corrected chi connectivity index (χ3v) is 3.10. The average Bonchev–Trinajstić information content (AvgIpc) is 2.46. The molecule has 1 atom stereocenters. The van der Waals surface area contributed by atoms with Crippen molar-refractivity contribution in [2.45, 2.75) is 19.3 Å². The summed E-state index contributed by atoms with van der Waals surface area (Å²) in [6.45, 7) is 2.14. The quantitative estimate of drug-likeness (QED) is 0.487. The first-order valence-corrected chi connectivity index (χ1v) is 6.12. The number of rotatable bonds is 4. The van der Waals surface area contributed by atoms with Crippen LogP contribution >= 0.6 is 0 Å². The SMILES string of the molecule is C[C@@H](C/C(=N/O)c1ccccc1)c1ccccc1. The number of oxime groups is 1. The van der Waals surface area contributed by atoms with E-state index in [2.05, 4.69) is 24.2 Å². The normalized spacial score (nSPS) is 13.3. The zero-order valence-electron chi connectivity index (χ0n) is 10.5. The molecule has 2 aromatic carbocycles. The van der Waals surface area contributed by atoms with Gasteiger partial charge in [0.05, 0.1) is 5.71 Å². The lowest BCUT2D eigenvalue weighted by Crippen LogP contribution is -2.06. The molecule has 2 rings (SSSR count). The summed E-state index contributed by atoms with van der Waals surface area (Å²) in [5.74, 6) is 0.331. The van der Waals surface area contributed by atoms with Crippen LogP contribution in [-0.4, -0.2) is 10.9 Å². The summed E-state index contributed by atoms with van der Waals surface area (Å²) in [5.41, 5.74) is 2.96. The molecule has 2 nitrogen and oxygen atoms in total. The molecule has 0 radical (unpaired) electrons. The summed E-state index contributed by atoms with van der Waals surface area (Å²) in [5, 5.41) is 12.6. The van der Waals surface area contributed by atoms with E-state index < -0.39 is 0 Å². The van der Waals surface area contributed by atoms with E-state index in [0.29, 0.717) is 5.92 Å². The molecule has 0 saturated heterocycles. The zero-order valence-corrected chi connectivity index (χ0v) is 10.5. The maximum Gasteiger partial charge on any atom is 0.0873 e. The maximum absolute atomic E-state index is 9.16. The molecule has 2 heteroatoms. The highest BCUT2D eigenvalue weighted by molar-refractivity contribution is 6.00. The second-order valence-corrected chi connectivity index (χ2v) is 4.43. The lowest BCUT2D eigenvalue weighted by molar-refractivity contribution is 0.317. The Morgan fingerprint density at radius 2 is 1.56 bits per heavy atom. The monoisotopic (exact) mass is 239 g/mol. The van der Waals surface area contributed by atoms with E-state index in [1.54, 1.807) is 0 Å². The van der Waals surface area contributed by atoms with Gasteiger partial charge in [0.15, 0.2) is 0 Å². The van der Waals surface area contributed by atoms with E-state index in [0.717, 1.165) is 17.7 Å². The molecular weight excluding hydrogens is 222 g/mol. The first kappa shape index (κ1) is 12.4. The maximum atomic E-state index is 9.16. The topological polar surface area (TPSA) is 32.6 Å². The predicted octanol–water partition coefficient (Wildman–Crippen LogP) is 4.06. The standard InChI is InChI=1S/C16H17NO/c1-13(14-8-4-2-5-9-14)12-16(17-18)15-10-6-3-7-11-15/h2-11,13,18H,12H2,1H3/b17-16-/t13-/m0/s1. The van der Waals surface area contributed by atoms with Crippen molar-refractivity contribution in [3.05, 3.63) is 71.8 Å². The summed E-state index contributed by atoms with van der Waals surface area (Å²) in [4.78, 5) is 0. The Hall–Kier alpha value is -2.09.